The number of anilines is 1. The molecule has 150 valence electrons. The maximum absolute atomic E-state index is 12.7. The lowest BCUT2D eigenvalue weighted by Gasteiger charge is -2.30. The summed E-state index contributed by atoms with van der Waals surface area (Å²) in [5, 5.41) is 6.14. The molecule has 1 amide bonds. The van der Waals surface area contributed by atoms with Gasteiger partial charge in [0.25, 0.3) is 5.91 Å². The second-order valence-corrected chi connectivity index (χ2v) is 7.54. The van der Waals surface area contributed by atoms with Gasteiger partial charge in [-0.2, -0.15) is 0 Å². The summed E-state index contributed by atoms with van der Waals surface area (Å²) in [5.41, 5.74) is 1.24. The van der Waals surface area contributed by atoms with Crippen molar-refractivity contribution in [1.29, 1.82) is 0 Å². The van der Waals surface area contributed by atoms with Crippen LogP contribution in [0.3, 0.4) is 0 Å². The number of carbonyl (C=O) groups is 2. The quantitative estimate of drug-likeness (QED) is 0.599. The lowest BCUT2D eigenvalue weighted by atomic mass is 9.95. The van der Waals surface area contributed by atoms with Crippen LogP contribution in [-0.4, -0.2) is 38.2 Å². The Labute approximate surface area is 173 Å². The molecule has 0 aromatic heterocycles. The monoisotopic (exact) mass is 448 g/mol. The Morgan fingerprint density at radius 3 is 2.07 bits per heavy atom. The Hall–Kier alpha value is -2.54. The highest BCUT2D eigenvalue weighted by molar-refractivity contribution is 9.10. The van der Waals surface area contributed by atoms with Gasteiger partial charge in [0, 0.05) is 15.7 Å². The van der Waals surface area contributed by atoms with Crippen LogP contribution in [0.25, 0.3) is 0 Å². The fourth-order valence-corrected chi connectivity index (χ4v) is 3.02. The molecule has 7 heteroatoms. The van der Waals surface area contributed by atoms with Crippen LogP contribution in [0.2, 0.25) is 0 Å². The van der Waals surface area contributed by atoms with E-state index in [4.69, 9.17) is 9.47 Å². The van der Waals surface area contributed by atoms with E-state index < -0.39 is 18.1 Å². The van der Waals surface area contributed by atoms with E-state index in [9.17, 15) is 9.59 Å². The highest BCUT2D eigenvalue weighted by atomic mass is 79.9. The van der Waals surface area contributed by atoms with Crippen LogP contribution >= 0.6 is 15.9 Å². The minimum absolute atomic E-state index is 0.0192. The van der Waals surface area contributed by atoms with Gasteiger partial charge in [0.15, 0.2) is 0 Å². The van der Waals surface area contributed by atoms with Crippen LogP contribution in [0.4, 0.5) is 5.69 Å². The van der Waals surface area contributed by atoms with Crippen molar-refractivity contribution in [2.24, 2.45) is 5.92 Å². The van der Waals surface area contributed by atoms with Crippen molar-refractivity contribution in [3.8, 4) is 5.75 Å². The van der Waals surface area contributed by atoms with E-state index in [2.05, 4.69) is 26.6 Å². The molecule has 28 heavy (non-hydrogen) atoms. The molecule has 0 fully saturated rings. The van der Waals surface area contributed by atoms with E-state index in [1.54, 1.807) is 43.5 Å². The molecule has 0 spiro atoms. The molecular weight excluding hydrogens is 424 g/mol. The summed E-state index contributed by atoms with van der Waals surface area (Å²) in [5.74, 6) is -0.0133. The molecule has 0 aliphatic carbocycles. The molecule has 6 nitrogen and oxygen atoms in total. The summed E-state index contributed by atoms with van der Waals surface area (Å²) >= 11 is 3.36. The topological polar surface area (TPSA) is 76.7 Å². The van der Waals surface area contributed by atoms with Crippen LogP contribution in [0.15, 0.2) is 53.0 Å². The number of ether oxygens (including phenoxy) is 2. The summed E-state index contributed by atoms with van der Waals surface area (Å²) in [6, 6.07) is 13.0. The predicted octanol–water partition coefficient (Wildman–Crippen LogP) is 3.87. The first-order valence-corrected chi connectivity index (χ1v) is 9.70. The van der Waals surface area contributed by atoms with Crippen LogP contribution < -0.4 is 15.4 Å². The van der Waals surface area contributed by atoms with Crippen molar-refractivity contribution >= 4 is 33.5 Å². The van der Waals surface area contributed by atoms with Gasteiger partial charge in [-0.05, 0) is 54.4 Å². The third-order valence-corrected chi connectivity index (χ3v) is 4.88. The van der Waals surface area contributed by atoms with E-state index >= 15 is 0 Å². The lowest BCUT2D eigenvalue weighted by Crippen LogP contribution is -2.53. The Kier molecular flexibility index (Phi) is 7.87. The number of esters is 1. The number of halogens is 1. The zero-order valence-corrected chi connectivity index (χ0v) is 17.9. The summed E-state index contributed by atoms with van der Waals surface area (Å²) < 4.78 is 11.0. The van der Waals surface area contributed by atoms with Gasteiger partial charge in [-0.3, -0.25) is 4.79 Å². The van der Waals surface area contributed by atoms with E-state index in [1.165, 1.54) is 7.11 Å². The molecule has 0 unspecified atom stereocenters. The van der Waals surface area contributed by atoms with Gasteiger partial charge in [0.2, 0.25) is 0 Å². The minimum atomic E-state index is -0.752. The molecule has 2 rings (SSSR count). The second kappa shape index (κ2) is 10.1. The number of methoxy groups -OCH3 is 2. The molecule has 0 aliphatic heterocycles. The average molecular weight is 449 g/mol. The number of hydrogen-bond acceptors (Lipinski definition) is 5. The summed E-state index contributed by atoms with van der Waals surface area (Å²) in [7, 11) is 2.92. The minimum Gasteiger partial charge on any atom is -0.497 e. The van der Waals surface area contributed by atoms with Crippen molar-refractivity contribution in [3.63, 3.8) is 0 Å². The molecular formula is C21H25BrN2O4. The van der Waals surface area contributed by atoms with E-state index in [1.807, 2.05) is 26.0 Å². The van der Waals surface area contributed by atoms with E-state index in [0.29, 0.717) is 11.3 Å². The maximum atomic E-state index is 12.7. The average Bonchev–Trinajstić information content (AvgIpc) is 2.70. The zero-order valence-electron chi connectivity index (χ0n) is 16.4. The standard InChI is InChI=1S/C21H25BrN2O4/c1-13(2)18(24-20(25)14-5-7-15(22)8-6-14)19(21(26)28-4)23-16-9-11-17(27-3)12-10-16/h5-13,18-19,23H,1-4H3,(H,24,25)/t18-,19+/m0/s1. The molecule has 0 bridgehead atoms. The van der Waals surface area contributed by atoms with Gasteiger partial charge in [-0.1, -0.05) is 29.8 Å². The number of carbonyl (C=O) groups excluding carboxylic acids is 2. The van der Waals surface area contributed by atoms with Gasteiger partial charge in [-0.25, -0.2) is 4.79 Å². The summed E-state index contributed by atoms with van der Waals surface area (Å²) in [4.78, 5) is 25.2. The van der Waals surface area contributed by atoms with E-state index in [0.717, 1.165) is 10.2 Å². The highest BCUT2D eigenvalue weighted by Crippen LogP contribution is 2.19. The van der Waals surface area contributed by atoms with Crippen LogP contribution in [0.5, 0.6) is 5.75 Å². The summed E-state index contributed by atoms with van der Waals surface area (Å²) in [6.07, 6.45) is 0. The maximum Gasteiger partial charge on any atom is 0.330 e. The van der Waals surface area contributed by atoms with Gasteiger partial charge in [-0.15, -0.1) is 0 Å². The first-order chi connectivity index (χ1) is 13.3. The Morgan fingerprint density at radius 1 is 0.964 bits per heavy atom. The molecule has 0 radical (unpaired) electrons. The van der Waals surface area contributed by atoms with Crippen molar-refractivity contribution in [1.82, 2.24) is 5.32 Å². The summed E-state index contributed by atoms with van der Waals surface area (Å²) in [6.45, 7) is 3.89. The normalized spacial score (nSPS) is 12.8. The SMILES string of the molecule is COC(=O)[C@H](Nc1ccc(OC)cc1)[C@@H](NC(=O)c1ccc(Br)cc1)C(C)C. The molecule has 0 aliphatic rings. The van der Waals surface area contributed by atoms with Gasteiger partial charge >= 0.3 is 5.97 Å². The van der Waals surface area contributed by atoms with Crippen molar-refractivity contribution in [2.45, 2.75) is 25.9 Å². The predicted molar refractivity (Wildman–Crippen MR) is 113 cm³/mol. The highest BCUT2D eigenvalue weighted by Gasteiger charge is 2.33. The fraction of sp³-hybridized carbons (Fsp3) is 0.333. The number of nitrogens with one attached hydrogen (secondary N) is 2. The first-order valence-electron chi connectivity index (χ1n) is 8.90. The van der Waals surface area contributed by atoms with Crippen molar-refractivity contribution in [3.05, 3.63) is 58.6 Å². The number of amides is 1. The molecule has 0 saturated carbocycles. The fourth-order valence-electron chi connectivity index (χ4n) is 2.76. The smallest absolute Gasteiger partial charge is 0.330 e. The molecule has 0 saturated heterocycles. The number of benzene rings is 2. The molecule has 2 atom stereocenters. The Bertz CT molecular complexity index is 791. The lowest BCUT2D eigenvalue weighted by molar-refractivity contribution is -0.142. The molecule has 0 heterocycles. The largest absolute Gasteiger partial charge is 0.497 e. The second-order valence-electron chi connectivity index (χ2n) is 6.62. The van der Waals surface area contributed by atoms with Crippen LogP contribution in [0, 0.1) is 5.92 Å². The van der Waals surface area contributed by atoms with Crippen molar-refractivity contribution < 1.29 is 19.1 Å². The van der Waals surface area contributed by atoms with Gasteiger partial charge < -0.3 is 20.1 Å². The molecule has 2 aromatic rings. The number of hydrogen-bond donors (Lipinski definition) is 2. The third-order valence-electron chi connectivity index (χ3n) is 4.35. The van der Waals surface area contributed by atoms with Gasteiger partial charge in [0.05, 0.1) is 20.3 Å². The van der Waals surface area contributed by atoms with Crippen LogP contribution in [-0.2, 0) is 9.53 Å². The van der Waals surface area contributed by atoms with Gasteiger partial charge in [0.1, 0.15) is 11.8 Å². The molecule has 2 aromatic carbocycles. The zero-order chi connectivity index (χ0) is 20.7. The number of rotatable bonds is 8. The van der Waals surface area contributed by atoms with Crippen molar-refractivity contribution in [2.75, 3.05) is 19.5 Å². The third kappa shape index (κ3) is 5.73. The van der Waals surface area contributed by atoms with E-state index in [-0.39, 0.29) is 11.8 Å². The Morgan fingerprint density at radius 2 is 1.57 bits per heavy atom. The Balaban J connectivity index is 2.24. The first kappa shape index (κ1) is 21.8. The van der Waals surface area contributed by atoms with Crippen LogP contribution in [0.1, 0.15) is 24.2 Å². The molecule has 2 N–H and O–H groups in total.